The Morgan fingerprint density at radius 1 is 1.07 bits per heavy atom. The number of benzene rings is 1. The van der Waals surface area contributed by atoms with Crippen molar-refractivity contribution in [3.05, 3.63) is 82.9 Å². The van der Waals surface area contributed by atoms with Crippen LogP contribution in [0.1, 0.15) is 54.1 Å². The van der Waals surface area contributed by atoms with Crippen molar-refractivity contribution in [2.24, 2.45) is 0 Å². The zero-order chi connectivity index (χ0) is 20.5. The predicted molar refractivity (Wildman–Crippen MR) is 122 cm³/mol. The average molecular weight is 405 g/mol. The Bertz CT molecular complexity index is 1010. The molecule has 0 radical (unpaired) electrons. The Hall–Kier alpha value is -2.66. The summed E-state index contributed by atoms with van der Waals surface area (Å²) in [4.78, 5) is 6.90. The molecule has 29 heavy (non-hydrogen) atoms. The molecule has 1 aliphatic heterocycles. The van der Waals surface area contributed by atoms with Crippen molar-refractivity contribution in [2.45, 2.75) is 46.2 Å². The van der Waals surface area contributed by atoms with E-state index in [2.05, 4.69) is 83.9 Å². The summed E-state index contributed by atoms with van der Waals surface area (Å²) in [6.45, 7) is 9.59. The average Bonchev–Trinajstić information content (AvgIpc) is 3.23. The van der Waals surface area contributed by atoms with Crippen LogP contribution in [0.4, 0.5) is 0 Å². The molecule has 4 nitrogen and oxygen atoms in total. The molecule has 2 aromatic heterocycles. The molecule has 2 atom stereocenters. The summed E-state index contributed by atoms with van der Waals surface area (Å²) in [6, 6.07) is 17.4. The van der Waals surface area contributed by atoms with E-state index in [1.807, 2.05) is 18.3 Å². The third kappa shape index (κ3) is 3.44. The van der Waals surface area contributed by atoms with E-state index < -0.39 is 0 Å². The van der Waals surface area contributed by atoms with E-state index in [4.69, 9.17) is 12.2 Å². The molecule has 0 bridgehead atoms. The van der Waals surface area contributed by atoms with Gasteiger partial charge in [0.25, 0.3) is 0 Å². The van der Waals surface area contributed by atoms with Gasteiger partial charge in [-0.2, -0.15) is 0 Å². The van der Waals surface area contributed by atoms with Gasteiger partial charge >= 0.3 is 0 Å². The Morgan fingerprint density at radius 2 is 1.83 bits per heavy atom. The summed E-state index contributed by atoms with van der Waals surface area (Å²) < 4.78 is 2.35. The molecule has 0 saturated carbocycles. The van der Waals surface area contributed by atoms with Crippen molar-refractivity contribution in [3.63, 3.8) is 0 Å². The second kappa shape index (κ2) is 7.99. The van der Waals surface area contributed by atoms with Crippen LogP contribution in [-0.4, -0.2) is 26.1 Å². The Kier molecular flexibility index (Phi) is 5.41. The fraction of sp³-hybridized carbons (Fsp3) is 0.333. The lowest BCUT2D eigenvalue weighted by molar-refractivity contribution is 0.329. The number of thiocarbonyl (C=S) groups is 1. The number of nitrogens with one attached hydrogen (secondary N) is 1. The summed E-state index contributed by atoms with van der Waals surface area (Å²) in [6.07, 6.45) is 2.90. The van der Waals surface area contributed by atoms with Gasteiger partial charge in [0.05, 0.1) is 17.8 Å². The number of hydrogen-bond acceptors (Lipinski definition) is 2. The van der Waals surface area contributed by atoms with Crippen molar-refractivity contribution < 1.29 is 0 Å². The summed E-state index contributed by atoms with van der Waals surface area (Å²) in [5, 5.41) is 4.31. The number of nitrogens with zero attached hydrogens (tertiary/aromatic N) is 3. The SMILES string of the molecule is CCc1ccc(-n2c(C)cc([C@@H]3[C@H](c4ccccn4)NC(=S)N3CC)c2C)cc1. The van der Waals surface area contributed by atoms with Crippen LogP contribution in [0.15, 0.2) is 54.7 Å². The summed E-state index contributed by atoms with van der Waals surface area (Å²) >= 11 is 5.68. The van der Waals surface area contributed by atoms with Gasteiger partial charge in [0.15, 0.2) is 5.11 Å². The smallest absolute Gasteiger partial charge is 0.170 e. The van der Waals surface area contributed by atoms with E-state index >= 15 is 0 Å². The first-order chi connectivity index (χ1) is 14.0. The molecule has 1 fully saturated rings. The van der Waals surface area contributed by atoms with Gasteiger partial charge in [-0.3, -0.25) is 4.98 Å². The highest BCUT2D eigenvalue weighted by Gasteiger charge is 2.40. The summed E-state index contributed by atoms with van der Waals surface area (Å²) in [5.74, 6) is 0. The maximum absolute atomic E-state index is 5.68. The number of likely N-dealkylation sites (N-methyl/N-ethyl adjacent to an activating group) is 1. The predicted octanol–water partition coefficient (Wildman–Crippen LogP) is 5.04. The monoisotopic (exact) mass is 404 g/mol. The Balaban J connectivity index is 1.80. The summed E-state index contributed by atoms with van der Waals surface area (Å²) in [7, 11) is 0. The Morgan fingerprint density at radius 3 is 2.45 bits per heavy atom. The third-order valence-corrected chi connectivity index (χ3v) is 6.28. The van der Waals surface area contributed by atoms with E-state index in [1.54, 1.807) is 0 Å². The zero-order valence-electron chi connectivity index (χ0n) is 17.5. The van der Waals surface area contributed by atoms with E-state index in [9.17, 15) is 0 Å². The van der Waals surface area contributed by atoms with E-state index in [1.165, 1.54) is 28.2 Å². The molecule has 3 aromatic rings. The van der Waals surface area contributed by atoms with E-state index in [0.29, 0.717) is 0 Å². The quantitative estimate of drug-likeness (QED) is 0.604. The highest BCUT2D eigenvalue weighted by molar-refractivity contribution is 7.80. The largest absolute Gasteiger partial charge is 0.352 e. The number of rotatable bonds is 5. The second-order valence-electron chi connectivity index (χ2n) is 7.59. The van der Waals surface area contributed by atoms with Crippen LogP contribution in [0.2, 0.25) is 0 Å². The number of hydrogen-bond donors (Lipinski definition) is 1. The molecule has 0 spiro atoms. The van der Waals surface area contributed by atoms with Gasteiger partial charge in [0, 0.05) is 29.8 Å². The fourth-order valence-corrected chi connectivity index (χ4v) is 4.82. The van der Waals surface area contributed by atoms with Gasteiger partial charge < -0.3 is 14.8 Å². The molecule has 1 N–H and O–H groups in total. The van der Waals surface area contributed by atoms with Gasteiger partial charge in [-0.25, -0.2) is 0 Å². The molecule has 1 saturated heterocycles. The van der Waals surface area contributed by atoms with Crippen LogP contribution >= 0.6 is 12.2 Å². The van der Waals surface area contributed by atoms with Crippen molar-refractivity contribution in [2.75, 3.05) is 6.54 Å². The van der Waals surface area contributed by atoms with Gasteiger partial charge in [-0.1, -0.05) is 25.1 Å². The van der Waals surface area contributed by atoms with Crippen molar-refractivity contribution in [1.29, 1.82) is 0 Å². The van der Waals surface area contributed by atoms with E-state index in [-0.39, 0.29) is 12.1 Å². The minimum Gasteiger partial charge on any atom is -0.352 e. The van der Waals surface area contributed by atoms with Crippen molar-refractivity contribution in [1.82, 2.24) is 19.8 Å². The first-order valence-electron chi connectivity index (χ1n) is 10.3. The van der Waals surface area contributed by atoms with Gasteiger partial charge in [-0.15, -0.1) is 0 Å². The first kappa shape index (κ1) is 19.6. The van der Waals surface area contributed by atoms with Crippen LogP contribution in [0.3, 0.4) is 0 Å². The van der Waals surface area contributed by atoms with Crippen LogP contribution in [0.5, 0.6) is 0 Å². The van der Waals surface area contributed by atoms with Crippen LogP contribution in [0.25, 0.3) is 5.69 Å². The van der Waals surface area contributed by atoms with Crippen LogP contribution in [-0.2, 0) is 6.42 Å². The molecule has 0 amide bonds. The number of pyridine rings is 1. The molecule has 0 unspecified atom stereocenters. The highest BCUT2D eigenvalue weighted by atomic mass is 32.1. The molecule has 5 heteroatoms. The van der Waals surface area contributed by atoms with Gasteiger partial charge in [0.1, 0.15) is 0 Å². The standard InChI is InChI=1S/C24H28N4S/c1-5-18-10-12-19(13-11-18)28-16(3)15-20(17(28)4)23-22(21-9-7-8-14-25-21)26-24(29)27(23)6-2/h7-15,22-23H,5-6H2,1-4H3,(H,26,29)/t22-,23+/m0/s1. The Labute approximate surface area is 178 Å². The topological polar surface area (TPSA) is 33.1 Å². The highest BCUT2D eigenvalue weighted by Crippen LogP contribution is 2.41. The lowest BCUT2D eigenvalue weighted by Crippen LogP contribution is -2.29. The van der Waals surface area contributed by atoms with Crippen molar-refractivity contribution in [3.8, 4) is 5.69 Å². The van der Waals surface area contributed by atoms with Crippen LogP contribution in [0, 0.1) is 13.8 Å². The lowest BCUT2D eigenvalue weighted by atomic mass is 9.97. The molecule has 3 heterocycles. The second-order valence-corrected chi connectivity index (χ2v) is 7.98. The molecule has 0 aliphatic carbocycles. The fourth-order valence-electron chi connectivity index (χ4n) is 4.45. The maximum Gasteiger partial charge on any atom is 0.170 e. The molecule has 150 valence electrons. The van der Waals surface area contributed by atoms with Gasteiger partial charge in [0.2, 0.25) is 0 Å². The number of aromatic nitrogens is 2. The number of aryl methyl sites for hydroxylation is 2. The molecule has 1 aromatic carbocycles. The van der Waals surface area contributed by atoms with Crippen molar-refractivity contribution >= 4 is 17.3 Å². The minimum absolute atomic E-state index is 0.0417. The van der Waals surface area contributed by atoms with Crippen LogP contribution < -0.4 is 5.32 Å². The minimum atomic E-state index is 0.0417. The molecular formula is C24H28N4S. The first-order valence-corrected chi connectivity index (χ1v) is 10.7. The molecular weight excluding hydrogens is 376 g/mol. The third-order valence-electron chi connectivity index (χ3n) is 5.93. The van der Waals surface area contributed by atoms with E-state index in [0.717, 1.165) is 23.8 Å². The normalized spacial score (nSPS) is 18.9. The molecule has 1 aliphatic rings. The van der Waals surface area contributed by atoms with Gasteiger partial charge in [-0.05, 0) is 80.9 Å². The lowest BCUT2D eigenvalue weighted by Gasteiger charge is -2.27. The zero-order valence-corrected chi connectivity index (χ0v) is 18.3. The maximum atomic E-state index is 5.68. The molecule has 4 rings (SSSR count). The summed E-state index contributed by atoms with van der Waals surface area (Å²) in [5.41, 5.74) is 7.36.